The van der Waals surface area contributed by atoms with Gasteiger partial charge in [0, 0.05) is 29.4 Å². The molecule has 3 aromatic heterocycles. The average molecular weight is 399 g/mol. The van der Waals surface area contributed by atoms with Gasteiger partial charge in [-0.2, -0.15) is 5.10 Å². The largest absolute Gasteiger partial charge is 0.438 e. The molecule has 6 nitrogen and oxygen atoms in total. The molecule has 0 atom stereocenters. The van der Waals surface area contributed by atoms with Crippen molar-refractivity contribution in [3.63, 3.8) is 0 Å². The van der Waals surface area contributed by atoms with Gasteiger partial charge < -0.3 is 10.2 Å². The molecule has 0 amide bonds. The van der Waals surface area contributed by atoms with Gasteiger partial charge in [0.05, 0.1) is 17.6 Å². The third-order valence-electron chi connectivity index (χ3n) is 4.88. The lowest BCUT2D eigenvalue weighted by Gasteiger charge is -2.03. The number of rotatable bonds is 5. The van der Waals surface area contributed by atoms with E-state index in [1.807, 2.05) is 42.6 Å². The second-order valence-corrected chi connectivity index (χ2v) is 6.87. The first-order valence-corrected chi connectivity index (χ1v) is 9.57. The van der Waals surface area contributed by atoms with Crippen LogP contribution >= 0.6 is 0 Å². The Labute approximate surface area is 171 Å². The van der Waals surface area contributed by atoms with Crippen molar-refractivity contribution in [3.8, 4) is 33.8 Å². The summed E-state index contributed by atoms with van der Waals surface area (Å²) in [7, 11) is 0. The van der Waals surface area contributed by atoms with Crippen LogP contribution in [0.4, 0.5) is 4.39 Å². The lowest BCUT2D eigenvalue weighted by molar-refractivity contribution is 0.617. The molecule has 0 saturated carbocycles. The summed E-state index contributed by atoms with van der Waals surface area (Å²) in [5.41, 5.74) is 10.2. The molecule has 0 unspecified atom stereocenters. The quantitative estimate of drug-likeness (QED) is 0.470. The molecule has 148 valence electrons. The Kier molecular flexibility index (Phi) is 4.57. The SMILES string of the molecule is NCCn1cc(-c2ncnc3oc(-c4ccccc4)cc23)c(-c2ccc(F)cc2)n1. The number of benzene rings is 2. The molecule has 0 bridgehead atoms. The molecule has 2 N–H and O–H groups in total. The van der Waals surface area contributed by atoms with Crippen molar-refractivity contribution in [3.05, 3.63) is 79.0 Å². The Balaban J connectivity index is 1.70. The normalized spacial score (nSPS) is 11.3. The van der Waals surface area contributed by atoms with Crippen molar-refractivity contribution < 1.29 is 8.81 Å². The van der Waals surface area contributed by atoms with Crippen molar-refractivity contribution in [1.29, 1.82) is 0 Å². The minimum atomic E-state index is -0.298. The van der Waals surface area contributed by atoms with Crippen molar-refractivity contribution in [1.82, 2.24) is 19.7 Å². The zero-order chi connectivity index (χ0) is 20.5. The Morgan fingerprint density at radius 2 is 1.73 bits per heavy atom. The van der Waals surface area contributed by atoms with Gasteiger partial charge in [-0.1, -0.05) is 30.3 Å². The highest BCUT2D eigenvalue weighted by molar-refractivity contribution is 5.95. The van der Waals surface area contributed by atoms with Gasteiger partial charge in [0.15, 0.2) is 0 Å². The molecular weight excluding hydrogens is 381 g/mol. The van der Waals surface area contributed by atoms with Crippen molar-refractivity contribution in [2.75, 3.05) is 6.54 Å². The summed E-state index contributed by atoms with van der Waals surface area (Å²) in [4.78, 5) is 8.83. The van der Waals surface area contributed by atoms with Crippen molar-refractivity contribution in [2.24, 2.45) is 5.73 Å². The highest BCUT2D eigenvalue weighted by Crippen LogP contribution is 2.36. The van der Waals surface area contributed by atoms with Crippen molar-refractivity contribution >= 4 is 11.1 Å². The third kappa shape index (κ3) is 3.25. The number of furan rings is 1. The summed E-state index contributed by atoms with van der Waals surface area (Å²) >= 11 is 0. The van der Waals surface area contributed by atoms with Crippen LogP contribution in [0.5, 0.6) is 0 Å². The first kappa shape index (κ1) is 18.2. The molecule has 7 heteroatoms. The molecule has 5 rings (SSSR count). The fraction of sp³-hybridized carbons (Fsp3) is 0.0870. The summed E-state index contributed by atoms with van der Waals surface area (Å²) in [6.07, 6.45) is 3.38. The van der Waals surface area contributed by atoms with E-state index in [9.17, 15) is 4.39 Å². The fourth-order valence-electron chi connectivity index (χ4n) is 3.48. The van der Waals surface area contributed by atoms with Crippen LogP contribution in [-0.4, -0.2) is 26.3 Å². The van der Waals surface area contributed by atoms with Gasteiger partial charge in [-0.25, -0.2) is 14.4 Å². The van der Waals surface area contributed by atoms with E-state index in [2.05, 4.69) is 15.1 Å². The van der Waals surface area contributed by atoms with E-state index >= 15 is 0 Å². The number of aromatic nitrogens is 4. The van der Waals surface area contributed by atoms with Crippen LogP contribution in [0.25, 0.3) is 44.9 Å². The molecule has 0 aliphatic rings. The van der Waals surface area contributed by atoms with Gasteiger partial charge in [-0.15, -0.1) is 0 Å². The molecule has 3 heterocycles. The van der Waals surface area contributed by atoms with Gasteiger partial charge in [0.1, 0.15) is 23.6 Å². The standard InChI is InChI=1S/C23H18FN5O/c24-17-8-6-16(7-9-17)21-19(13-29(28-21)11-10-25)22-18-12-20(15-4-2-1-3-5-15)30-23(18)27-14-26-22/h1-9,12-14H,10-11,25H2. The fourth-order valence-corrected chi connectivity index (χ4v) is 3.48. The number of halogens is 1. The van der Waals surface area contributed by atoms with Gasteiger partial charge in [-0.3, -0.25) is 4.68 Å². The Morgan fingerprint density at radius 3 is 2.50 bits per heavy atom. The van der Waals surface area contributed by atoms with Gasteiger partial charge in [-0.05, 0) is 30.3 Å². The number of hydrogen-bond acceptors (Lipinski definition) is 5. The highest BCUT2D eigenvalue weighted by atomic mass is 19.1. The van der Waals surface area contributed by atoms with E-state index in [1.165, 1.54) is 18.5 Å². The number of nitrogens with zero attached hydrogens (tertiary/aromatic N) is 4. The van der Waals surface area contributed by atoms with Crippen LogP contribution in [0.15, 0.2) is 77.6 Å². The maximum absolute atomic E-state index is 13.4. The molecule has 2 aromatic carbocycles. The monoisotopic (exact) mass is 399 g/mol. The first-order chi connectivity index (χ1) is 14.7. The molecule has 0 spiro atoms. The second-order valence-electron chi connectivity index (χ2n) is 6.87. The smallest absolute Gasteiger partial charge is 0.230 e. The first-order valence-electron chi connectivity index (χ1n) is 9.57. The molecule has 5 aromatic rings. The lowest BCUT2D eigenvalue weighted by Crippen LogP contribution is -2.10. The summed E-state index contributed by atoms with van der Waals surface area (Å²) in [5, 5.41) is 5.46. The Hall–Kier alpha value is -3.84. The Bertz CT molecular complexity index is 1310. The van der Waals surface area contributed by atoms with E-state index in [0.29, 0.717) is 36.0 Å². The van der Waals surface area contributed by atoms with Crippen molar-refractivity contribution in [2.45, 2.75) is 6.54 Å². The van der Waals surface area contributed by atoms with Gasteiger partial charge >= 0.3 is 0 Å². The maximum Gasteiger partial charge on any atom is 0.230 e. The lowest BCUT2D eigenvalue weighted by atomic mass is 10.0. The molecule has 30 heavy (non-hydrogen) atoms. The van der Waals surface area contributed by atoms with Crippen LogP contribution < -0.4 is 5.73 Å². The second kappa shape index (κ2) is 7.53. The molecule has 0 saturated heterocycles. The zero-order valence-electron chi connectivity index (χ0n) is 16.0. The highest BCUT2D eigenvalue weighted by Gasteiger charge is 2.19. The van der Waals surface area contributed by atoms with Crippen LogP contribution in [0, 0.1) is 5.82 Å². The molecular formula is C23H18FN5O. The summed E-state index contributed by atoms with van der Waals surface area (Å²) < 4.78 is 21.2. The Morgan fingerprint density at radius 1 is 0.933 bits per heavy atom. The summed E-state index contributed by atoms with van der Waals surface area (Å²) in [6.45, 7) is 1.01. The number of fused-ring (bicyclic) bond motifs is 1. The summed E-state index contributed by atoms with van der Waals surface area (Å²) in [6, 6.07) is 18.0. The van der Waals surface area contributed by atoms with E-state index in [0.717, 1.165) is 22.1 Å². The zero-order valence-corrected chi connectivity index (χ0v) is 16.0. The average Bonchev–Trinajstić information content (AvgIpc) is 3.39. The molecule has 0 aliphatic heterocycles. The van der Waals surface area contributed by atoms with E-state index in [4.69, 9.17) is 10.2 Å². The molecule has 0 aliphatic carbocycles. The number of nitrogens with two attached hydrogens (primary N) is 1. The molecule has 0 radical (unpaired) electrons. The summed E-state index contributed by atoms with van der Waals surface area (Å²) in [5.74, 6) is 0.415. The van der Waals surface area contributed by atoms with Gasteiger partial charge in [0.2, 0.25) is 5.71 Å². The topological polar surface area (TPSA) is 82.8 Å². The van der Waals surface area contributed by atoms with E-state index in [-0.39, 0.29) is 5.82 Å². The van der Waals surface area contributed by atoms with Crippen LogP contribution in [0.3, 0.4) is 0 Å². The predicted octanol–water partition coefficient (Wildman–Crippen LogP) is 4.52. The van der Waals surface area contributed by atoms with Gasteiger partial charge in [0.25, 0.3) is 0 Å². The van der Waals surface area contributed by atoms with Crippen LogP contribution in [0.1, 0.15) is 0 Å². The molecule has 0 fully saturated rings. The van der Waals surface area contributed by atoms with E-state index in [1.54, 1.807) is 16.8 Å². The third-order valence-corrected chi connectivity index (χ3v) is 4.88. The number of hydrogen-bond donors (Lipinski definition) is 1. The maximum atomic E-state index is 13.4. The van der Waals surface area contributed by atoms with E-state index < -0.39 is 0 Å². The van der Waals surface area contributed by atoms with Crippen LogP contribution in [0.2, 0.25) is 0 Å². The predicted molar refractivity (Wildman–Crippen MR) is 113 cm³/mol. The minimum Gasteiger partial charge on any atom is -0.438 e. The van der Waals surface area contributed by atoms with Crippen LogP contribution in [-0.2, 0) is 6.54 Å². The minimum absolute atomic E-state index is 0.298.